The summed E-state index contributed by atoms with van der Waals surface area (Å²) in [5.74, 6) is -0.288. The molecule has 0 saturated carbocycles. The number of ether oxygens (including phenoxy) is 1. The number of nitrogens with zero attached hydrogens (tertiary/aromatic N) is 1. The van der Waals surface area contributed by atoms with Crippen LogP contribution in [0.4, 0.5) is 0 Å². The highest BCUT2D eigenvalue weighted by Gasteiger charge is 2.17. The quantitative estimate of drug-likeness (QED) is 0.800. The lowest BCUT2D eigenvalue weighted by Gasteiger charge is -2.19. The van der Waals surface area contributed by atoms with E-state index in [0.717, 1.165) is 24.9 Å². The second kappa shape index (κ2) is 7.02. The van der Waals surface area contributed by atoms with Crippen LogP contribution < -0.4 is 0 Å². The number of rotatable bonds is 4. The number of esters is 1. The van der Waals surface area contributed by atoms with Gasteiger partial charge in [-0.25, -0.2) is 4.79 Å². The first-order valence-corrected chi connectivity index (χ1v) is 8.24. The molecule has 0 fully saturated rings. The summed E-state index contributed by atoms with van der Waals surface area (Å²) in [6.07, 6.45) is 4.31. The first-order chi connectivity index (χ1) is 11.6. The zero-order valence-electron chi connectivity index (χ0n) is 14.5. The van der Waals surface area contributed by atoms with Crippen LogP contribution in [0.25, 0.3) is 5.57 Å². The van der Waals surface area contributed by atoms with Gasteiger partial charge >= 0.3 is 5.97 Å². The number of aryl methyl sites for hydroxylation is 1. The Morgan fingerprint density at radius 2 is 1.88 bits per heavy atom. The van der Waals surface area contributed by atoms with Crippen molar-refractivity contribution in [2.45, 2.75) is 19.4 Å². The zero-order valence-corrected chi connectivity index (χ0v) is 14.5. The molecule has 0 saturated heterocycles. The van der Waals surface area contributed by atoms with Crippen molar-refractivity contribution in [3.63, 3.8) is 0 Å². The lowest BCUT2D eigenvalue weighted by molar-refractivity contribution is 0.0600. The molecule has 2 aromatic rings. The standard InChI is InChI=1S/C21H23NO2/c1-22(2)14-15-7-9-17(10-8-15)19-6-4-5-16-11-12-18(13-20(16)19)21(23)24-3/h6-13H,4-5,14H2,1-3H3. The molecule has 0 atom stereocenters. The number of methoxy groups -OCH3 is 1. The third-order valence-corrected chi connectivity index (χ3v) is 4.35. The van der Waals surface area contributed by atoms with E-state index in [1.54, 1.807) is 0 Å². The highest BCUT2D eigenvalue weighted by molar-refractivity contribution is 5.92. The van der Waals surface area contributed by atoms with E-state index in [2.05, 4.69) is 55.4 Å². The molecule has 0 aromatic heterocycles. The van der Waals surface area contributed by atoms with Gasteiger partial charge in [0, 0.05) is 6.54 Å². The van der Waals surface area contributed by atoms with E-state index in [-0.39, 0.29) is 5.97 Å². The van der Waals surface area contributed by atoms with Crippen LogP contribution in [0.5, 0.6) is 0 Å². The average Bonchev–Trinajstić information content (AvgIpc) is 2.60. The normalized spacial score (nSPS) is 13.4. The lowest BCUT2D eigenvalue weighted by Crippen LogP contribution is -2.10. The summed E-state index contributed by atoms with van der Waals surface area (Å²) in [7, 11) is 5.56. The third-order valence-electron chi connectivity index (χ3n) is 4.35. The predicted molar refractivity (Wildman–Crippen MR) is 97.0 cm³/mol. The molecule has 3 heteroatoms. The number of fused-ring (bicyclic) bond motifs is 1. The Morgan fingerprint density at radius 1 is 1.12 bits per heavy atom. The molecule has 0 heterocycles. The minimum absolute atomic E-state index is 0.288. The van der Waals surface area contributed by atoms with Gasteiger partial charge in [0.25, 0.3) is 0 Å². The van der Waals surface area contributed by atoms with Crippen LogP contribution in [0.2, 0.25) is 0 Å². The average molecular weight is 321 g/mol. The van der Waals surface area contributed by atoms with Crippen molar-refractivity contribution in [1.82, 2.24) is 4.90 Å². The Balaban J connectivity index is 1.95. The molecular formula is C21H23NO2. The Bertz CT molecular complexity index is 773. The molecule has 24 heavy (non-hydrogen) atoms. The first kappa shape index (κ1) is 16.5. The van der Waals surface area contributed by atoms with Crippen LogP contribution >= 0.6 is 0 Å². The van der Waals surface area contributed by atoms with Gasteiger partial charge in [0.15, 0.2) is 0 Å². The molecule has 0 amide bonds. The van der Waals surface area contributed by atoms with E-state index in [1.165, 1.54) is 29.4 Å². The fourth-order valence-electron chi connectivity index (χ4n) is 3.20. The molecule has 0 bridgehead atoms. The van der Waals surface area contributed by atoms with Crippen molar-refractivity contribution in [2.24, 2.45) is 0 Å². The van der Waals surface area contributed by atoms with Gasteiger partial charge in [-0.15, -0.1) is 0 Å². The molecule has 2 aromatic carbocycles. The summed E-state index contributed by atoms with van der Waals surface area (Å²) in [6.45, 7) is 0.933. The monoisotopic (exact) mass is 321 g/mol. The highest BCUT2D eigenvalue weighted by Crippen LogP contribution is 2.32. The van der Waals surface area contributed by atoms with Crippen LogP contribution in [0.15, 0.2) is 48.5 Å². The highest BCUT2D eigenvalue weighted by atomic mass is 16.5. The molecule has 1 aliphatic rings. The van der Waals surface area contributed by atoms with Crippen LogP contribution in [-0.4, -0.2) is 32.1 Å². The van der Waals surface area contributed by atoms with E-state index in [1.807, 2.05) is 12.1 Å². The molecule has 0 unspecified atom stereocenters. The molecule has 0 aliphatic heterocycles. The number of allylic oxidation sites excluding steroid dienone is 1. The van der Waals surface area contributed by atoms with E-state index in [0.29, 0.717) is 5.56 Å². The summed E-state index contributed by atoms with van der Waals surface area (Å²) in [4.78, 5) is 14.0. The van der Waals surface area contributed by atoms with Crippen molar-refractivity contribution in [1.29, 1.82) is 0 Å². The van der Waals surface area contributed by atoms with Gasteiger partial charge in [-0.05, 0) is 66.9 Å². The summed E-state index contributed by atoms with van der Waals surface area (Å²) >= 11 is 0. The maximum absolute atomic E-state index is 11.8. The van der Waals surface area contributed by atoms with E-state index < -0.39 is 0 Å². The maximum Gasteiger partial charge on any atom is 0.337 e. The van der Waals surface area contributed by atoms with Crippen molar-refractivity contribution in [2.75, 3.05) is 21.2 Å². The first-order valence-electron chi connectivity index (χ1n) is 8.24. The van der Waals surface area contributed by atoms with Gasteiger partial charge in [0.2, 0.25) is 0 Å². The molecule has 3 rings (SSSR count). The molecule has 124 valence electrons. The van der Waals surface area contributed by atoms with E-state index in [9.17, 15) is 4.79 Å². The van der Waals surface area contributed by atoms with Crippen molar-refractivity contribution in [3.05, 3.63) is 76.4 Å². The molecular weight excluding hydrogens is 298 g/mol. The lowest BCUT2D eigenvalue weighted by atomic mass is 9.85. The number of hydrogen-bond acceptors (Lipinski definition) is 3. The molecule has 3 nitrogen and oxygen atoms in total. The maximum atomic E-state index is 11.8. The minimum Gasteiger partial charge on any atom is -0.465 e. The SMILES string of the molecule is COC(=O)c1ccc2c(c1)C(c1ccc(CN(C)C)cc1)=CCC2. The van der Waals surface area contributed by atoms with Gasteiger partial charge < -0.3 is 9.64 Å². The Labute approximate surface area is 143 Å². The van der Waals surface area contributed by atoms with Gasteiger partial charge in [-0.3, -0.25) is 0 Å². The second-order valence-corrected chi connectivity index (χ2v) is 6.45. The number of hydrogen-bond donors (Lipinski definition) is 0. The van der Waals surface area contributed by atoms with Gasteiger partial charge in [0.05, 0.1) is 12.7 Å². The Hall–Kier alpha value is -2.39. The predicted octanol–water partition coefficient (Wildman–Crippen LogP) is 3.91. The largest absolute Gasteiger partial charge is 0.465 e. The fraction of sp³-hybridized carbons (Fsp3) is 0.286. The van der Waals surface area contributed by atoms with Crippen LogP contribution in [0, 0.1) is 0 Å². The Morgan fingerprint density at radius 3 is 2.54 bits per heavy atom. The topological polar surface area (TPSA) is 29.5 Å². The van der Waals surface area contributed by atoms with Gasteiger partial charge in [-0.1, -0.05) is 36.4 Å². The molecule has 0 N–H and O–H groups in total. The summed E-state index contributed by atoms with van der Waals surface area (Å²) < 4.78 is 4.86. The number of carbonyl (C=O) groups is 1. The van der Waals surface area contributed by atoms with Crippen molar-refractivity contribution < 1.29 is 9.53 Å². The van der Waals surface area contributed by atoms with Crippen LogP contribution in [-0.2, 0) is 17.7 Å². The van der Waals surface area contributed by atoms with Gasteiger partial charge in [-0.2, -0.15) is 0 Å². The summed E-state index contributed by atoms with van der Waals surface area (Å²) in [6, 6.07) is 14.6. The van der Waals surface area contributed by atoms with Crippen molar-refractivity contribution in [3.8, 4) is 0 Å². The smallest absolute Gasteiger partial charge is 0.337 e. The summed E-state index contributed by atoms with van der Waals surface area (Å²) in [5.41, 5.74) is 6.73. The van der Waals surface area contributed by atoms with Gasteiger partial charge in [0.1, 0.15) is 0 Å². The summed E-state index contributed by atoms with van der Waals surface area (Å²) in [5, 5.41) is 0. The third kappa shape index (κ3) is 3.41. The molecule has 1 aliphatic carbocycles. The van der Waals surface area contributed by atoms with E-state index >= 15 is 0 Å². The minimum atomic E-state index is -0.288. The van der Waals surface area contributed by atoms with Crippen molar-refractivity contribution >= 4 is 11.5 Å². The Kier molecular flexibility index (Phi) is 4.81. The van der Waals surface area contributed by atoms with E-state index in [4.69, 9.17) is 4.74 Å². The van der Waals surface area contributed by atoms with Crippen LogP contribution in [0.1, 0.15) is 39.0 Å². The zero-order chi connectivity index (χ0) is 17.1. The number of carbonyl (C=O) groups excluding carboxylic acids is 1. The number of benzene rings is 2. The fourth-order valence-corrected chi connectivity index (χ4v) is 3.20. The second-order valence-electron chi connectivity index (χ2n) is 6.45. The molecule has 0 radical (unpaired) electrons. The van der Waals surface area contributed by atoms with Crippen LogP contribution in [0.3, 0.4) is 0 Å². The molecule has 0 spiro atoms.